The van der Waals surface area contributed by atoms with Crippen molar-refractivity contribution in [2.75, 3.05) is 12.4 Å². The van der Waals surface area contributed by atoms with Crippen LogP contribution in [0.15, 0.2) is 18.2 Å². The zero-order chi connectivity index (χ0) is 14.6. The van der Waals surface area contributed by atoms with Crippen LogP contribution in [0, 0.1) is 12.8 Å². The number of rotatable bonds is 4. The highest BCUT2D eigenvalue weighted by atomic mass is 35.5. The van der Waals surface area contributed by atoms with E-state index in [-0.39, 0.29) is 36.2 Å². The van der Waals surface area contributed by atoms with E-state index in [0.29, 0.717) is 11.3 Å². The van der Waals surface area contributed by atoms with Crippen LogP contribution in [0.4, 0.5) is 5.69 Å². The van der Waals surface area contributed by atoms with Crippen LogP contribution in [-0.2, 0) is 4.79 Å². The second-order valence-corrected chi connectivity index (χ2v) is 4.69. The second-order valence-electron chi connectivity index (χ2n) is 4.69. The van der Waals surface area contributed by atoms with Gasteiger partial charge in [0.1, 0.15) is 0 Å². The van der Waals surface area contributed by atoms with Crippen molar-refractivity contribution in [2.24, 2.45) is 11.7 Å². The van der Waals surface area contributed by atoms with Crippen molar-refractivity contribution in [1.29, 1.82) is 0 Å². The first-order valence-electron chi connectivity index (χ1n) is 6.26. The van der Waals surface area contributed by atoms with Crippen molar-refractivity contribution < 1.29 is 9.59 Å². The molecular weight excluding hydrogens is 278 g/mol. The molecule has 0 bridgehead atoms. The molecule has 0 aliphatic rings. The molecule has 1 rings (SSSR count). The lowest BCUT2D eigenvalue weighted by atomic mass is 10.0. The molecule has 0 saturated carbocycles. The quantitative estimate of drug-likeness (QED) is 0.791. The molecule has 2 unspecified atom stereocenters. The Hall–Kier alpha value is -1.59. The molecule has 0 spiro atoms. The van der Waals surface area contributed by atoms with Gasteiger partial charge in [0.15, 0.2) is 0 Å². The number of benzene rings is 1. The predicted octanol–water partition coefficient (Wildman–Crippen LogP) is 1.70. The van der Waals surface area contributed by atoms with Gasteiger partial charge in [0, 0.05) is 24.3 Å². The van der Waals surface area contributed by atoms with Gasteiger partial charge in [-0.3, -0.25) is 9.59 Å². The third-order valence-corrected chi connectivity index (χ3v) is 3.27. The van der Waals surface area contributed by atoms with E-state index in [2.05, 4.69) is 10.6 Å². The lowest BCUT2D eigenvalue weighted by Gasteiger charge is -2.17. The number of anilines is 1. The van der Waals surface area contributed by atoms with Gasteiger partial charge in [-0.25, -0.2) is 0 Å². The van der Waals surface area contributed by atoms with Crippen LogP contribution in [0.3, 0.4) is 0 Å². The van der Waals surface area contributed by atoms with Gasteiger partial charge < -0.3 is 16.4 Å². The van der Waals surface area contributed by atoms with Gasteiger partial charge in [-0.1, -0.05) is 13.0 Å². The molecule has 1 aromatic carbocycles. The van der Waals surface area contributed by atoms with E-state index >= 15 is 0 Å². The molecule has 0 radical (unpaired) electrons. The van der Waals surface area contributed by atoms with Gasteiger partial charge in [0.05, 0.1) is 5.92 Å². The molecule has 112 valence electrons. The van der Waals surface area contributed by atoms with Crippen molar-refractivity contribution in [3.63, 3.8) is 0 Å². The maximum absolute atomic E-state index is 12.0. The number of carbonyl (C=O) groups is 2. The summed E-state index contributed by atoms with van der Waals surface area (Å²) in [5.41, 5.74) is 7.63. The minimum Gasteiger partial charge on any atom is -0.355 e. The summed E-state index contributed by atoms with van der Waals surface area (Å²) in [7, 11) is 1.57. The van der Waals surface area contributed by atoms with E-state index in [1.807, 2.05) is 0 Å². The zero-order valence-electron chi connectivity index (χ0n) is 12.2. The molecule has 0 aliphatic heterocycles. The van der Waals surface area contributed by atoms with E-state index < -0.39 is 0 Å². The van der Waals surface area contributed by atoms with Crippen molar-refractivity contribution >= 4 is 29.9 Å². The van der Waals surface area contributed by atoms with Crippen LogP contribution in [0.5, 0.6) is 0 Å². The first kappa shape index (κ1) is 18.4. The molecule has 5 nitrogen and oxygen atoms in total. The van der Waals surface area contributed by atoms with Crippen LogP contribution in [-0.4, -0.2) is 24.9 Å². The summed E-state index contributed by atoms with van der Waals surface area (Å²) in [6.45, 7) is 5.37. The Balaban J connectivity index is 0.00000361. The Kier molecular flexibility index (Phi) is 7.24. The van der Waals surface area contributed by atoms with E-state index in [1.54, 1.807) is 46.0 Å². The maximum Gasteiger partial charge on any atom is 0.251 e. The lowest BCUT2D eigenvalue weighted by Crippen LogP contribution is -2.34. The smallest absolute Gasteiger partial charge is 0.251 e. The molecule has 0 heterocycles. The first-order valence-corrected chi connectivity index (χ1v) is 6.26. The van der Waals surface area contributed by atoms with E-state index in [1.165, 1.54) is 0 Å². The summed E-state index contributed by atoms with van der Waals surface area (Å²) in [5.74, 6) is -0.607. The summed E-state index contributed by atoms with van der Waals surface area (Å²) >= 11 is 0. The van der Waals surface area contributed by atoms with Gasteiger partial charge in [-0.2, -0.15) is 0 Å². The molecule has 0 saturated heterocycles. The van der Waals surface area contributed by atoms with Gasteiger partial charge >= 0.3 is 0 Å². The van der Waals surface area contributed by atoms with Gasteiger partial charge in [-0.05, 0) is 31.5 Å². The van der Waals surface area contributed by atoms with Crippen molar-refractivity contribution in [1.82, 2.24) is 5.32 Å². The summed E-state index contributed by atoms with van der Waals surface area (Å²) in [6.07, 6.45) is 0. The van der Waals surface area contributed by atoms with Crippen LogP contribution in [0.1, 0.15) is 29.8 Å². The lowest BCUT2D eigenvalue weighted by molar-refractivity contribution is -0.119. The SMILES string of the molecule is CNC(=O)c1cccc(NC(=O)C(C)C(C)N)c1C.Cl. The van der Waals surface area contributed by atoms with E-state index in [9.17, 15) is 9.59 Å². The highest BCUT2D eigenvalue weighted by Gasteiger charge is 2.18. The van der Waals surface area contributed by atoms with E-state index in [0.717, 1.165) is 5.56 Å². The highest BCUT2D eigenvalue weighted by molar-refractivity contribution is 5.99. The largest absolute Gasteiger partial charge is 0.355 e. The number of nitrogens with one attached hydrogen (secondary N) is 2. The normalized spacial score (nSPS) is 12.8. The average molecular weight is 300 g/mol. The molecule has 4 N–H and O–H groups in total. The molecule has 0 aliphatic carbocycles. The Bertz CT molecular complexity index is 489. The van der Waals surface area contributed by atoms with Crippen LogP contribution in [0.25, 0.3) is 0 Å². The van der Waals surface area contributed by atoms with Crippen LogP contribution in [0.2, 0.25) is 0 Å². The minimum atomic E-state index is -0.289. The van der Waals surface area contributed by atoms with Gasteiger partial charge in [-0.15, -0.1) is 12.4 Å². The number of hydrogen-bond acceptors (Lipinski definition) is 3. The number of halogens is 1. The minimum absolute atomic E-state index is 0. The molecular formula is C14H22ClN3O2. The standard InChI is InChI=1S/C14H21N3O2.ClH/c1-8(10(3)15)13(18)17-12-7-5-6-11(9(12)2)14(19)16-4;/h5-8,10H,15H2,1-4H3,(H,16,19)(H,17,18);1H. The number of carbonyl (C=O) groups excluding carboxylic acids is 2. The first-order chi connectivity index (χ1) is 8.88. The topological polar surface area (TPSA) is 84.2 Å². The fourth-order valence-electron chi connectivity index (χ4n) is 1.64. The monoisotopic (exact) mass is 299 g/mol. The van der Waals surface area contributed by atoms with E-state index in [4.69, 9.17) is 5.73 Å². The summed E-state index contributed by atoms with van der Waals surface area (Å²) in [4.78, 5) is 23.6. The van der Waals surface area contributed by atoms with Crippen molar-refractivity contribution in [3.8, 4) is 0 Å². The Morgan fingerprint density at radius 2 is 1.85 bits per heavy atom. The number of nitrogens with two attached hydrogens (primary N) is 1. The number of hydrogen-bond donors (Lipinski definition) is 3. The third-order valence-electron chi connectivity index (χ3n) is 3.27. The van der Waals surface area contributed by atoms with Crippen LogP contribution < -0.4 is 16.4 Å². The third kappa shape index (κ3) is 4.21. The van der Waals surface area contributed by atoms with Crippen LogP contribution >= 0.6 is 12.4 Å². The predicted molar refractivity (Wildman–Crippen MR) is 83.3 cm³/mol. The molecule has 2 amide bonds. The van der Waals surface area contributed by atoms with Gasteiger partial charge in [0.2, 0.25) is 5.91 Å². The molecule has 2 atom stereocenters. The summed E-state index contributed by atoms with van der Waals surface area (Å²) < 4.78 is 0. The van der Waals surface area contributed by atoms with Gasteiger partial charge in [0.25, 0.3) is 5.91 Å². The molecule has 1 aromatic rings. The second kappa shape index (κ2) is 7.87. The fourth-order valence-corrected chi connectivity index (χ4v) is 1.64. The summed E-state index contributed by atoms with van der Waals surface area (Å²) in [5, 5.41) is 5.38. The molecule has 0 aromatic heterocycles. The van der Waals surface area contributed by atoms with Crippen molar-refractivity contribution in [3.05, 3.63) is 29.3 Å². The Morgan fingerprint density at radius 3 is 2.35 bits per heavy atom. The maximum atomic E-state index is 12.0. The highest BCUT2D eigenvalue weighted by Crippen LogP contribution is 2.20. The summed E-state index contributed by atoms with van der Waals surface area (Å²) in [6, 6.07) is 5.01. The molecule has 6 heteroatoms. The molecule has 20 heavy (non-hydrogen) atoms. The fraction of sp³-hybridized carbons (Fsp3) is 0.429. The number of amides is 2. The zero-order valence-corrected chi connectivity index (χ0v) is 13.0. The van der Waals surface area contributed by atoms with Crippen molar-refractivity contribution in [2.45, 2.75) is 26.8 Å². The molecule has 0 fully saturated rings. The average Bonchev–Trinajstić information content (AvgIpc) is 2.39. The Labute approximate surface area is 125 Å². The Morgan fingerprint density at radius 1 is 1.25 bits per heavy atom.